The zero-order chi connectivity index (χ0) is 21.0. The topological polar surface area (TPSA) is 89.3 Å². The van der Waals surface area contributed by atoms with E-state index in [1.807, 2.05) is 25.1 Å². The molecular weight excluding hydrogens is 453 g/mol. The Hall–Kier alpha value is -2.03. The highest BCUT2D eigenvalue weighted by Crippen LogP contribution is 2.34. The first-order valence-electron chi connectivity index (χ1n) is 9.40. The number of halogens is 2. The molecule has 2 aromatic carbocycles. The van der Waals surface area contributed by atoms with Crippen molar-refractivity contribution in [2.45, 2.75) is 25.8 Å². The first-order chi connectivity index (χ1) is 14.0. The lowest BCUT2D eigenvalue weighted by molar-refractivity contribution is 0.625. The third-order valence-electron chi connectivity index (χ3n) is 4.55. The summed E-state index contributed by atoms with van der Waals surface area (Å²) in [6, 6.07) is 11.6. The van der Waals surface area contributed by atoms with E-state index in [0.29, 0.717) is 41.2 Å². The molecule has 0 bridgehead atoms. The summed E-state index contributed by atoms with van der Waals surface area (Å²) in [4.78, 5) is 6.44. The van der Waals surface area contributed by atoms with Crippen LogP contribution >= 0.6 is 27.7 Å². The summed E-state index contributed by atoms with van der Waals surface area (Å²) < 4.78 is 15.5. The average molecular weight is 476 g/mol. The van der Waals surface area contributed by atoms with Gasteiger partial charge in [0, 0.05) is 27.9 Å². The van der Waals surface area contributed by atoms with Crippen molar-refractivity contribution in [2.75, 3.05) is 17.2 Å². The summed E-state index contributed by atoms with van der Waals surface area (Å²) in [6.07, 6.45) is 1.45. The SMILES string of the molecule is CCC[C@@H]1N=C(c2ccccc2F)c2cc(Br)ccc2N(C(=N)SCCN)C1=N. The van der Waals surface area contributed by atoms with Gasteiger partial charge in [0.05, 0.1) is 11.4 Å². The van der Waals surface area contributed by atoms with E-state index in [0.717, 1.165) is 10.9 Å². The number of thioether (sulfide) groups is 1. The van der Waals surface area contributed by atoms with Crippen LogP contribution in [0.3, 0.4) is 0 Å². The second kappa shape index (κ2) is 9.65. The summed E-state index contributed by atoms with van der Waals surface area (Å²) in [6.45, 7) is 2.47. The molecule has 1 heterocycles. The third kappa shape index (κ3) is 4.60. The number of hydrogen-bond donors (Lipinski definition) is 3. The average Bonchev–Trinajstić information content (AvgIpc) is 2.82. The molecule has 0 saturated carbocycles. The fourth-order valence-corrected chi connectivity index (χ4v) is 4.24. The molecule has 1 aliphatic heterocycles. The Labute approximate surface area is 182 Å². The van der Waals surface area contributed by atoms with Gasteiger partial charge in [-0.1, -0.05) is 53.2 Å². The zero-order valence-electron chi connectivity index (χ0n) is 16.1. The number of nitrogens with two attached hydrogens (primary N) is 1. The number of benzodiazepines with no additional fused rings is 1. The molecule has 1 atom stereocenters. The smallest absolute Gasteiger partial charge is 0.166 e. The van der Waals surface area contributed by atoms with Gasteiger partial charge in [0.25, 0.3) is 0 Å². The predicted molar refractivity (Wildman–Crippen MR) is 124 cm³/mol. The molecule has 1 aliphatic rings. The van der Waals surface area contributed by atoms with Gasteiger partial charge >= 0.3 is 0 Å². The number of nitrogens with zero attached hydrogens (tertiary/aromatic N) is 2. The molecule has 5 nitrogen and oxygen atoms in total. The molecule has 0 spiro atoms. The summed E-state index contributed by atoms with van der Waals surface area (Å²) in [5, 5.41) is 17.6. The maximum Gasteiger partial charge on any atom is 0.166 e. The standard InChI is InChI=1S/C21H23BrFN5S/c1-2-5-17-20(25)28(21(26)29-11-10-24)18-9-8-13(22)12-15(18)19(27-17)14-6-3-4-7-16(14)23/h3-4,6-9,12,17,25-26H,2,5,10-11,24H2,1H3/t17-/m0/s1. The van der Waals surface area contributed by atoms with Gasteiger partial charge in [-0.15, -0.1) is 0 Å². The van der Waals surface area contributed by atoms with E-state index < -0.39 is 6.04 Å². The molecule has 0 fully saturated rings. The second-order valence-electron chi connectivity index (χ2n) is 6.59. The number of nitrogens with one attached hydrogen (secondary N) is 2. The maximum atomic E-state index is 14.7. The van der Waals surface area contributed by atoms with Crippen LogP contribution in [0, 0.1) is 16.6 Å². The first-order valence-corrected chi connectivity index (χ1v) is 11.2. The lowest BCUT2D eigenvalue weighted by atomic mass is 10.00. The van der Waals surface area contributed by atoms with Crippen LogP contribution in [-0.2, 0) is 0 Å². The van der Waals surface area contributed by atoms with Gasteiger partial charge in [-0.3, -0.25) is 20.7 Å². The Balaban J connectivity index is 2.24. The van der Waals surface area contributed by atoms with E-state index in [4.69, 9.17) is 21.5 Å². The van der Waals surface area contributed by atoms with Crippen LogP contribution in [0.4, 0.5) is 10.1 Å². The molecule has 0 saturated heterocycles. The monoisotopic (exact) mass is 475 g/mol. The van der Waals surface area contributed by atoms with Gasteiger partial charge in [0.2, 0.25) is 0 Å². The van der Waals surface area contributed by atoms with Crippen molar-refractivity contribution in [3.8, 4) is 0 Å². The van der Waals surface area contributed by atoms with Crippen LogP contribution in [0.15, 0.2) is 51.9 Å². The molecule has 0 aromatic heterocycles. The molecule has 152 valence electrons. The summed E-state index contributed by atoms with van der Waals surface area (Å²) >= 11 is 4.79. The number of benzene rings is 2. The predicted octanol–water partition coefficient (Wildman–Crippen LogP) is 5.02. The van der Waals surface area contributed by atoms with Gasteiger partial charge in [-0.25, -0.2) is 4.39 Å². The molecule has 0 amide bonds. The van der Waals surface area contributed by atoms with Crippen LogP contribution < -0.4 is 10.6 Å². The van der Waals surface area contributed by atoms with Crippen molar-refractivity contribution >= 4 is 50.1 Å². The lowest BCUT2D eigenvalue weighted by Gasteiger charge is -2.27. The van der Waals surface area contributed by atoms with Crippen LogP contribution in [0.5, 0.6) is 0 Å². The van der Waals surface area contributed by atoms with Gasteiger partial charge in [0.15, 0.2) is 5.17 Å². The zero-order valence-corrected chi connectivity index (χ0v) is 18.5. The van der Waals surface area contributed by atoms with Gasteiger partial charge in [-0.05, 0) is 36.8 Å². The number of anilines is 1. The normalized spacial score (nSPS) is 16.3. The molecule has 2 aromatic rings. The highest BCUT2D eigenvalue weighted by Gasteiger charge is 2.32. The third-order valence-corrected chi connectivity index (χ3v) is 5.94. The molecule has 29 heavy (non-hydrogen) atoms. The lowest BCUT2D eigenvalue weighted by Crippen LogP contribution is -2.40. The number of aliphatic imine (C=N–C) groups is 1. The highest BCUT2D eigenvalue weighted by atomic mass is 79.9. The molecule has 0 aliphatic carbocycles. The van der Waals surface area contributed by atoms with Crippen molar-refractivity contribution in [3.63, 3.8) is 0 Å². The molecule has 0 radical (unpaired) electrons. The van der Waals surface area contributed by atoms with Crippen molar-refractivity contribution < 1.29 is 4.39 Å². The molecule has 8 heteroatoms. The fraction of sp³-hybridized carbons (Fsp3) is 0.286. The van der Waals surface area contributed by atoms with E-state index in [1.54, 1.807) is 23.1 Å². The van der Waals surface area contributed by atoms with Crippen molar-refractivity contribution in [2.24, 2.45) is 10.7 Å². The Kier molecular flexibility index (Phi) is 7.21. The number of rotatable bonds is 5. The van der Waals surface area contributed by atoms with E-state index in [1.165, 1.54) is 17.8 Å². The Morgan fingerprint density at radius 1 is 1.28 bits per heavy atom. The van der Waals surface area contributed by atoms with E-state index >= 15 is 0 Å². The van der Waals surface area contributed by atoms with Gasteiger partial charge < -0.3 is 5.73 Å². The molecule has 4 N–H and O–H groups in total. The van der Waals surface area contributed by atoms with Crippen molar-refractivity contribution in [1.82, 2.24) is 0 Å². The Bertz CT molecular complexity index is 962. The van der Waals surface area contributed by atoms with Crippen molar-refractivity contribution in [3.05, 3.63) is 63.9 Å². The van der Waals surface area contributed by atoms with Crippen LogP contribution in [0.2, 0.25) is 0 Å². The second-order valence-corrected chi connectivity index (χ2v) is 8.59. The number of hydrogen-bond acceptors (Lipinski definition) is 5. The van der Waals surface area contributed by atoms with Crippen molar-refractivity contribution in [1.29, 1.82) is 10.8 Å². The molecule has 3 rings (SSSR count). The summed E-state index contributed by atoms with van der Waals surface area (Å²) in [5.74, 6) is 0.435. The number of amidine groups is 2. The minimum absolute atomic E-state index is 0.218. The fourth-order valence-electron chi connectivity index (χ4n) is 3.24. The molecular formula is C21H23BrFN5S. The van der Waals surface area contributed by atoms with Crippen LogP contribution in [-0.4, -0.2) is 35.1 Å². The van der Waals surface area contributed by atoms with E-state index in [-0.39, 0.29) is 16.8 Å². The number of fused-ring (bicyclic) bond motifs is 1. The Morgan fingerprint density at radius 3 is 2.72 bits per heavy atom. The summed E-state index contributed by atoms with van der Waals surface area (Å²) in [7, 11) is 0. The van der Waals surface area contributed by atoms with Gasteiger partial charge in [0.1, 0.15) is 17.7 Å². The van der Waals surface area contributed by atoms with Gasteiger partial charge in [-0.2, -0.15) is 0 Å². The van der Waals surface area contributed by atoms with Crippen LogP contribution in [0.25, 0.3) is 0 Å². The molecule has 0 unspecified atom stereocenters. The quantitative estimate of drug-likeness (QED) is 0.418. The van der Waals surface area contributed by atoms with E-state index in [2.05, 4.69) is 15.9 Å². The minimum atomic E-state index is -0.473. The van der Waals surface area contributed by atoms with Crippen LogP contribution in [0.1, 0.15) is 30.9 Å². The maximum absolute atomic E-state index is 14.7. The summed E-state index contributed by atoms with van der Waals surface area (Å²) in [5.41, 5.74) is 7.84. The first kappa shape index (κ1) is 21.7. The highest BCUT2D eigenvalue weighted by molar-refractivity contribution is 9.10. The van der Waals surface area contributed by atoms with E-state index in [9.17, 15) is 4.39 Å². The minimum Gasteiger partial charge on any atom is -0.330 e. The Morgan fingerprint density at radius 2 is 2.03 bits per heavy atom. The largest absolute Gasteiger partial charge is 0.330 e.